The molecule has 0 amide bonds. The molecule has 2 aromatic carbocycles. The third kappa shape index (κ3) is 5.88. The molecule has 0 radical (unpaired) electrons. The molecular formula is C20H25F2NO3. The van der Waals surface area contributed by atoms with E-state index in [1.54, 1.807) is 19.2 Å². The molecule has 0 saturated heterocycles. The van der Waals surface area contributed by atoms with E-state index in [0.717, 1.165) is 11.1 Å². The molecule has 0 saturated carbocycles. The van der Waals surface area contributed by atoms with Crippen molar-refractivity contribution >= 4 is 0 Å². The summed E-state index contributed by atoms with van der Waals surface area (Å²) in [6.45, 7) is 3.66. The van der Waals surface area contributed by atoms with Crippen molar-refractivity contribution in [3.63, 3.8) is 0 Å². The normalized spacial score (nSPS) is 12.3. The maximum Gasteiger partial charge on any atom is 0.387 e. The highest BCUT2D eigenvalue weighted by molar-refractivity contribution is 5.43. The predicted octanol–water partition coefficient (Wildman–Crippen LogP) is 4.93. The number of halogens is 2. The van der Waals surface area contributed by atoms with Crippen molar-refractivity contribution in [2.45, 2.75) is 46.1 Å². The third-order valence-electron chi connectivity index (χ3n) is 3.79. The molecule has 0 aromatic heterocycles. The quantitative estimate of drug-likeness (QED) is 0.684. The fourth-order valence-electron chi connectivity index (χ4n) is 2.52. The van der Waals surface area contributed by atoms with Gasteiger partial charge in [-0.3, -0.25) is 0 Å². The number of ether oxygens (including phenoxy) is 3. The molecule has 6 heteroatoms. The molecule has 0 heterocycles. The van der Waals surface area contributed by atoms with E-state index in [0.29, 0.717) is 18.0 Å². The van der Waals surface area contributed by atoms with Crippen LogP contribution in [-0.2, 0) is 6.54 Å². The van der Waals surface area contributed by atoms with Crippen molar-refractivity contribution in [3.05, 3.63) is 53.6 Å². The molecule has 0 aliphatic rings. The van der Waals surface area contributed by atoms with Crippen molar-refractivity contribution in [1.82, 2.24) is 5.32 Å². The van der Waals surface area contributed by atoms with Gasteiger partial charge in [0.25, 0.3) is 0 Å². The van der Waals surface area contributed by atoms with Crippen molar-refractivity contribution in [2.75, 3.05) is 7.11 Å². The Bertz CT molecular complexity index is 707. The maximum absolute atomic E-state index is 12.3. The van der Waals surface area contributed by atoms with Gasteiger partial charge in [-0.1, -0.05) is 18.2 Å². The Morgan fingerprint density at radius 2 is 1.73 bits per heavy atom. The van der Waals surface area contributed by atoms with Crippen LogP contribution in [0.3, 0.4) is 0 Å². The van der Waals surface area contributed by atoms with E-state index < -0.39 is 6.61 Å². The molecule has 0 spiro atoms. The van der Waals surface area contributed by atoms with Gasteiger partial charge in [-0.05, 0) is 56.2 Å². The molecular weight excluding hydrogens is 340 g/mol. The van der Waals surface area contributed by atoms with Gasteiger partial charge in [-0.15, -0.1) is 0 Å². The van der Waals surface area contributed by atoms with E-state index in [4.69, 9.17) is 9.47 Å². The number of nitrogens with one attached hydrogen (secondary N) is 1. The molecule has 4 nitrogen and oxygen atoms in total. The first kappa shape index (κ1) is 20.0. The summed E-state index contributed by atoms with van der Waals surface area (Å²) in [6.07, 6.45) is 0.0654. The SMILES string of the molecule is COc1cc(CNC(C)c2cccc(OC(F)F)c2)ccc1OC(C)C. The van der Waals surface area contributed by atoms with E-state index in [2.05, 4.69) is 10.1 Å². The number of hydrogen-bond donors (Lipinski definition) is 1. The number of rotatable bonds is 9. The van der Waals surface area contributed by atoms with Crippen LogP contribution >= 0.6 is 0 Å². The van der Waals surface area contributed by atoms with Crippen LogP contribution in [0.15, 0.2) is 42.5 Å². The Morgan fingerprint density at radius 1 is 0.962 bits per heavy atom. The van der Waals surface area contributed by atoms with Crippen molar-refractivity contribution in [3.8, 4) is 17.2 Å². The Morgan fingerprint density at radius 3 is 2.38 bits per heavy atom. The predicted molar refractivity (Wildman–Crippen MR) is 97.1 cm³/mol. The lowest BCUT2D eigenvalue weighted by Crippen LogP contribution is -2.18. The second-order valence-corrected chi connectivity index (χ2v) is 6.21. The Hall–Kier alpha value is -2.34. The molecule has 26 heavy (non-hydrogen) atoms. The third-order valence-corrected chi connectivity index (χ3v) is 3.79. The minimum absolute atomic E-state index is 0.0335. The zero-order chi connectivity index (χ0) is 19.1. The topological polar surface area (TPSA) is 39.7 Å². The summed E-state index contributed by atoms with van der Waals surface area (Å²) in [6, 6.07) is 12.4. The van der Waals surface area contributed by atoms with E-state index >= 15 is 0 Å². The van der Waals surface area contributed by atoms with Gasteiger partial charge >= 0.3 is 6.61 Å². The van der Waals surface area contributed by atoms with Crippen LogP contribution in [0, 0.1) is 0 Å². The van der Waals surface area contributed by atoms with Crippen LogP contribution in [0.1, 0.15) is 37.9 Å². The smallest absolute Gasteiger partial charge is 0.387 e. The molecule has 0 aliphatic carbocycles. The first-order valence-corrected chi connectivity index (χ1v) is 8.50. The highest BCUT2D eigenvalue weighted by atomic mass is 19.3. The zero-order valence-corrected chi connectivity index (χ0v) is 15.5. The van der Waals surface area contributed by atoms with Gasteiger partial charge in [0.15, 0.2) is 11.5 Å². The first-order valence-electron chi connectivity index (χ1n) is 8.50. The fraction of sp³-hybridized carbons (Fsp3) is 0.400. The Balaban J connectivity index is 2.01. The summed E-state index contributed by atoms with van der Waals surface area (Å²) in [4.78, 5) is 0. The molecule has 1 unspecified atom stereocenters. The zero-order valence-electron chi connectivity index (χ0n) is 15.5. The van der Waals surface area contributed by atoms with Crippen LogP contribution < -0.4 is 19.5 Å². The minimum atomic E-state index is -2.83. The summed E-state index contributed by atoms with van der Waals surface area (Å²) in [5, 5.41) is 3.37. The molecule has 0 fully saturated rings. The van der Waals surface area contributed by atoms with E-state index in [1.165, 1.54) is 6.07 Å². The molecule has 2 aromatic rings. The average molecular weight is 365 g/mol. The van der Waals surface area contributed by atoms with Crippen molar-refractivity contribution < 1.29 is 23.0 Å². The van der Waals surface area contributed by atoms with Crippen LogP contribution in [-0.4, -0.2) is 19.8 Å². The molecule has 0 bridgehead atoms. The van der Waals surface area contributed by atoms with Gasteiger partial charge < -0.3 is 19.5 Å². The summed E-state index contributed by atoms with van der Waals surface area (Å²) >= 11 is 0. The lowest BCUT2D eigenvalue weighted by molar-refractivity contribution is -0.0499. The number of benzene rings is 2. The first-order chi connectivity index (χ1) is 12.4. The lowest BCUT2D eigenvalue weighted by Gasteiger charge is -2.17. The van der Waals surface area contributed by atoms with Crippen LogP contribution in [0.4, 0.5) is 8.78 Å². The number of alkyl halides is 2. The molecule has 1 N–H and O–H groups in total. The van der Waals surface area contributed by atoms with E-state index in [9.17, 15) is 8.78 Å². The van der Waals surface area contributed by atoms with Crippen LogP contribution in [0.2, 0.25) is 0 Å². The maximum atomic E-state index is 12.3. The summed E-state index contributed by atoms with van der Waals surface area (Å²) in [5.41, 5.74) is 1.90. The van der Waals surface area contributed by atoms with Gasteiger partial charge in [-0.25, -0.2) is 0 Å². The van der Waals surface area contributed by atoms with E-state index in [-0.39, 0.29) is 17.9 Å². The number of hydrogen-bond acceptors (Lipinski definition) is 4. The highest BCUT2D eigenvalue weighted by Gasteiger charge is 2.11. The molecule has 1 atom stereocenters. The van der Waals surface area contributed by atoms with Gasteiger partial charge in [0.05, 0.1) is 13.2 Å². The summed E-state index contributed by atoms with van der Waals surface area (Å²) in [7, 11) is 1.61. The van der Waals surface area contributed by atoms with E-state index in [1.807, 2.05) is 45.0 Å². The van der Waals surface area contributed by atoms with Gasteiger partial charge in [0.1, 0.15) is 5.75 Å². The van der Waals surface area contributed by atoms with Crippen molar-refractivity contribution in [2.24, 2.45) is 0 Å². The average Bonchev–Trinajstić information content (AvgIpc) is 2.59. The second-order valence-electron chi connectivity index (χ2n) is 6.21. The standard InChI is InChI=1S/C20H25F2NO3/c1-13(2)25-18-9-8-15(10-19(18)24-4)12-23-14(3)16-6-5-7-17(11-16)26-20(21)22/h5-11,13-14,20,23H,12H2,1-4H3. The largest absolute Gasteiger partial charge is 0.493 e. The molecule has 2 rings (SSSR count). The number of methoxy groups -OCH3 is 1. The molecule has 142 valence electrons. The fourth-order valence-corrected chi connectivity index (χ4v) is 2.52. The Kier molecular flexibility index (Phi) is 7.21. The van der Waals surface area contributed by atoms with Crippen LogP contribution in [0.25, 0.3) is 0 Å². The second kappa shape index (κ2) is 9.38. The van der Waals surface area contributed by atoms with Crippen molar-refractivity contribution in [1.29, 1.82) is 0 Å². The van der Waals surface area contributed by atoms with Gasteiger partial charge in [0, 0.05) is 12.6 Å². The minimum Gasteiger partial charge on any atom is -0.493 e. The van der Waals surface area contributed by atoms with Crippen LogP contribution in [0.5, 0.6) is 17.2 Å². The molecule has 0 aliphatic heterocycles. The lowest BCUT2D eigenvalue weighted by atomic mass is 10.1. The summed E-state index contributed by atoms with van der Waals surface area (Å²) in [5.74, 6) is 1.54. The van der Waals surface area contributed by atoms with Gasteiger partial charge in [-0.2, -0.15) is 8.78 Å². The summed E-state index contributed by atoms with van der Waals surface area (Å²) < 4.78 is 40.2. The highest BCUT2D eigenvalue weighted by Crippen LogP contribution is 2.29. The Labute approximate surface area is 153 Å². The van der Waals surface area contributed by atoms with Gasteiger partial charge in [0.2, 0.25) is 0 Å². The monoisotopic (exact) mass is 365 g/mol.